The second-order valence-corrected chi connectivity index (χ2v) is 9.78. The maximum absolute atomic E-state index is 13.5. The predicted molar refractivity (Wildman–Crippen MR) is 133 cm³/mol. The zero-order valence-electron chi connectivity index (χ0n) is 18.6. The lowest BCUT2D eigenvalue weighted by Gasteiger charge is -2.44. The molecule has 2 atom stereocenters. The molecule has 33 heavy (non-hydrogen) atoms. The Balaban J connectivity index is 1.53. The molecule has 3 heterocycles. The normalized spacial score (nSPS) is 19.1. The molecule has 0 saturated carbocycles. The minimum Gasteiger partial charge on any atom is -0.383 e. The topological polar surface area (TPSA) is 92.4 Å². The monoisotopic (exact) mass is 483 g/mol. The molecule has 1 fully saturated rings. The van der Waals surface area contributed by atoms with E-state index in [9.17, 15) is 9.59 Å². The molecule has 1 aliphatic rings. The van der Waals surface area contributed by atoms with Gasteiger partial charge in [0.2, 0.25) is 11.8 Å². The number of fused-ring (bicyclic) bond motifs is 1. The van der Waals surface area contributed by atoms with Crippen molar-refractivity contribution in [2.24, 2.45) is 0 Å². The number of aromatic nitrogens is 2. The summed E-state index contributed by atoms with van der Waals surface area (Å²) in [7, 11) is 0. The zero-order valence-corrected chi connectivity index (χ0v) is 20.1. The first-order chi connectivity index (χ1) is 15.9. The van der Waals surface area contributed by atoms with Gasteiger partial charge < -0.3 is 15.5 Å². The standard InChI is InChI=1S/C24H26ClN5O2S/c1-3-4-20-24(32)29(12-16-5-7-18-19(9-16)27-14-28-23(18)26)15(2)11-30(20)22(31)8-6-17-10-21(25)33-13-17/h5-10,13-15,20H,3-4,11-12H2,1-2H3,(H2,26,27,28)/t15-,20+/m1/s1. The SMILES string of the molecule is CCC[C@H]1C(=O)N(Cc2ccc3c(N)ncnc3c2)[C@H](C)CN1C(=O)C=Cc1csc(Cl)c1. The van der Waals surface area contributed by atoms with Gasteiger partial charge in [0.1, 0.15) is 18.2 Å². The van der Waals surface area contributed by atoms with Gasteiger partial charge in [0.25, 0.3) is 0 Å². The molecule has 0 bridgehead atoms. The summed E-state index contributed by atoms with van der Waals surface area (Å²) in [5, 5.41) is 2.68. The van der Waals surface area contributed by atoms with Crippen LogP contribution in [0, 0.1) is 0 Å². The highest BCUT2D eigenvalue weighted by Crippen LogP contribution is 2.26. The molecule has 0 unspecified atom stereocenters. The van der Waals surface area contributed by atoms with Gasteiger partial charge in [-0.05, 0) is 54.1 Å². The van der Waals surface area contributed by atoms with Crippen LogP contribution in [0.2, 0.25) is 4.34 Å². The number of carbonyl (C=O) groups is 2. The van der Waals surface area contributed by atoms with E-state index in [-0.39, 0.29) is 17.9 Å². The van der Waals surface area contributed by atoms with Crippen LogP contribution in [-0.4, -0.2) is 50.2 Å². The molecule has 172 valence electrons. The summed E-state index contributed by atoms with van der Waals surface area (Å²) in [5.41, 5.74) is 8.52. The molecule has 1 aromatic carbocycles. The molecule has 0 radical (unpaired) electrons. The summed E-state index contributed by atoms with van der Waals surface area (Å²) in [4.78, 5) is 38.4. The first kappa shape index (κ1) is 23.2. The van der Waals surface area contributed by atoms with Gasteiger partial charge in [0, 0.05) is 30.6 Å². The van der Waals surface area contributed by atoms with Crippen LogP contribution in [0.15, 0.2) is 42.0 Å². The second-order valence-electron chi connectivity index (χ2n) is 8.24. The number of anilines is 1. The molecule has 2 aromatic heterocycles. The number of nitrogen functional groups attached to an aromatic ring is 1. The maximum atomic E-state index is 13.5. The third kappa shape index (κ3) is 5.02. The van der Waals surface area contributed by atoms with Crippen LogP contribution < -0.4 is 5.73 Å². The van der Waals surface area contributed by atoms with Crippen molar-refractivity contribution in [2.75, 3.05) is 12.3 Å². The van der Waals surface area contributed by atoms with Crippen LogP contribution in [-0.2, 0) is 16.1 Å². The number of hydrogen-bond donors (Lipinski definition) is 1. The van der Waals surface area contributed by atoms with Gasteiger partial charge in [0.15, 0.2) is 0 Å². The van der Waals surface area contributed by atoms with Crippen molar-refractivity contribution in [2.45, 2.75) is 45.3 Å². The van der Waals surface area contributed by atoms with E-state index in [4.69, 9.17) is 17.3 Å². The van der Waals surface area contributed by atoms with E-state index in [1.807, 2.05) is 48.4 Å². The summed E-state index contributed by atoms with van der Waals surface area (Å²) in [5.74, 6) is 0.246. The molecule has 1 saturated heterocycles. The molecule has 2 amide bonds. The molecular formula is C24H26ClN5O2S. The molecule has 1 aliphatic heterocycles. The summed E-state index contributed by atoms with van der Waals surface area (Å²) in [6.07, 6.45) is 6.14. The minimum atomic E-state index is -0.479. The summed E-state index contributed by atoms with van der Waals surface area (Å²) in [6.45, 7) is 4.93. The zero-order chi connectivity index (χ0) is 23.5. The third-order valence-electron chi connectivity index (χ3n) is 5.87. The largest absolute Gasteiger partial charge is 0.383 e. The number of thiophene rings is 1. The Morgan fingerprint density at radius 3 is 2.88 bits per heavy atom. The number of hydrogen-bond acceptors (Lipinski definition) is 6. The van der Waals surface area contributed by atoms with Gasteiger partial charge >= 0.3 is 0 Å². The fourth-order valence-electron chi connectivity index (χ4n) is 4.18. The molecule has 4 rings (SSSR count). The molecule has 3 aromatic rings. The molecule has 0 aliphatic carbocycles. The Labute approximate surface area is 201 Å². The minimum absolute atomic E-state index is 0.0294. The van der Waals surface area contributed by atoms with E-state index < -0.39 is 6.04 Å². The smallest absolute Gasteiger partial charge is 0.247 e. The third-order valence-corrected chi connectivity index (χ3v) is 6.98. The van der Waals surface area contributed by atoms with Crippen molar-refractivity contribution in [3.8, 4) is 0 Å². The summed E-state index contributed by atoms with van der Waals surface area (Å²) < 4.78 is 0.672. The van der Waals surface area contributed by atoms with Gasteiger partial charge in [-0.1, -0.05) is 31.0 Å². The maximum Gasteiger partial charge on any atom is 0.247 e. The first-order valence-electron chi connectivity index (χ1n) is 10.9. The van der Waals surface area contributed by atoms with Crippen LogP contribution in [0.25, 0.3) is 17.0 Å². The van der Waals surface area contributed by atoms with Crippen LogP contribution >= 0.6 is 22.9 Å². The molecule has 7 nitrogen and oxygen atoms in total. The number of piperazine rings is 1. The van der Waals surface area contributed by atoms with Gasteiger partial charge in [-0.25, -0.2) is 9.97 Å². The Bertz CT molecular complexity index is 1210. The van der Waals surface area contributed by atoms with Crippen LogP contribution in [0.1, 0.15) is 37.8 Å². The molecule has 9 heteroatoms. The van der Waals surface area contributed by atoms with E-state index >= 15 is 0 Å². The number of carbonyl (C=O) groups excluding carboxylic acids is 2. The van der Waals surface area contributed by atoms with E-state index in [1.165, 1.54) is 23.7 Å². The molecule has 0 spiro atoms. The Hall–Kier alpha value is -2.97. The van der Waals surface area contributed by atoms with Crippen molar-refractivity contribution in [3.05, 3.63) is 57.5 Å². The second kappa shape index (κ2) is 9.89. The van der Waals surface area contributed by atoms with Crippen molar-refractivity contribution in [1.29, 1.82) is 0 Å². The summed E-state index contributed by atoms with van der Waals surface area (Å²) >= 11 is 7.39. The molecular weight excluding hydrogens is 458 g/mol. The number of rotatable bonds is 6. The molecule has 2 N–H and O–H groups in total. The van der Waals surface area contributed by atoms with Gasteiger partial charge in [-0.15, -0.1) is 11.3 Å². The van der Waals surface area contributed by atoms with Crippen molar-refractivity contribution < 1.29 is 9.59 Å². The van der Waals surface area contributed by atoms with E-state index in [2.05, 4.69) is 9.97 Å². The first-order valence-corrected chi connectivity index (χ1v) is 12.2. The number of halogens is 1. The quantitative estimate of drug-likeness (QED) is 0.525. The highest BCUT2D eigenvalue weighted by atomic mass is 35.5. The van der Waals surface area contributed by atoms with Crippen LogP contribution in [0.3, 0.4) is 0 Å². The predicted octanol–water partition coefficient (Wildman–Crippen LogP) is 4.37. The van der Waals surface area contributed by atoms with Crippen molar-refractivity contribution in [3.63, 3.8) is 0 Å². The lowest BCUT2D eigenvalue weighted by Crippen LogP contribution is -2.61. The number of nitrogens with zero attached hydrogens (tertiary/aromatic N) is 4. The van der Waals surface area contributed by atoms with Crippen LogP contribution in [0.4, 0.5) is 5.82 Å². The van der Waals surface area contributed by atoms with Gasteiger partial charge in [-0.3, -0.25) is 9.59 Å². The summed E-state index contributed by atoms with van der Waals surface area (Å²) in [6, 6.07) is 6.99. The van der Waals surface area contributed by atoms with Gasteiger partial charge in [0.05, 0.1) is 9.85 Å². The average molecular weight is 484 g/mol. The van der Waals surface area contributed by atoms with E-state index in [1.54, 1.807) is 11.0 Å². The highest BCUT2D eigenvalue weighted by molar-refractivity contribution is 7.14. The highest BCUT2D eigenvalue weighted by Gasteiger charge is 2.39. The Kier molecular flexibility index (Phi) is 6.95. The fraction of sp³-hybridized carbons (Fsp3) is 0.333. The van der Waals surface area contributed by atoms with E-state index in [0.717, 1.165) is 28.5 Å². The Morgan fingerprint density at radius 1 is 1.33 bits per heavy atom. The van der Waals surface area contributed by atoms with Crippen molar-refractivity contribution in [1.82, 2.24) is 19.8 Å². The van der Waals surface area contributed by atoms with Crippen molar-refractivity contribution >= 4 is 57.5 Å². The number of amides is 2. The van der Waals surface area contributed by atoms with E-state index in [0.29, 0.717) is 29.7 Å². The lowest BCUT2D eigenvalue weighted by atomic mass is 10.0. The lowest BCUT2D eigenvalue weighted by molar-refractivity contribution is -0.153. The van der Waals surface area contributed by atoms with Crippen LogP contribution in [0.5, 0.6) is 0 Å². The number of benzene rings is 1. The van der Waals surface area contributed by atoms with Gasteiger partial charge in [-0.2, -0.15) is 0 Å². The number of nitrogens with two attached hydrogens (primary N) is 1. The average Bonchev–Trinajstić information content (AvgIpc) is 3.22. The fourth-order valence-corrected chi connectivity index (χ4v) is 5.03. The Morgan fingerprint density at radius 2 is 2.15 bits per heavy atom.